The fourth-order valence-corrected chi connectivity index (χ4v) is 4.40. The third-order valence-corrected chi connectivity index (χ3v) is 6.20. The van der Waals surface area contributed by atoms with Crippen molar-refractivity contribution < 1.29 is 8.42 Å². The Balaban J connectivity index is 2.32. The second kappa shape index (κ2) is 5.42. The summed E-state index contributed by atoms with van der Waals surface area (Å²) < 4.78 is 27.3. The van der Waals surface area contributed by atoms with Crippen LogP contribution in [0, 0.1) is 12.8 Å². The Morgan fingerprint density at radius 3 is 2.58 bits per heavy atom. The molecule has 1 saturated carbocycles. The van der Waals surface area contributed by atoms with Crippen molar-refractivity contribution in [2.75, 3.05) is 19.3 Å². The molecule has 1 aliphatic rings. The summed E-state index contributed by atoms with van der Waals surface area (Å²) in [5.74, 6) is 0.504. The van der Waals surface area contributed by atoms with Gasteiger partial charge >= 0.3 is 0 Å². The molecule has 4 nitrogen and oxygen atoms in total. The van der Waals surface area contributed by atoms with Gasteiger partial charge < -0.3 is 5.73 Å². The minimum Gasteiger partial charge on any atom is -0.398 e. The van der Waals surface area contributed by atoms with Gasteiger partial charge in [0.25, 0.3) is 0 Å². The summed E-state index contributed by atoms with van der Waals surface area (Å²) >= 11 is 3.30. The number of benzene rings is 1. The monoisotopic (exact) mass is 346 g/mol. The molecule has 0 radical (unpaired) electrons. The molecule has 0 unspecified atom stereocenters. The van der Waals surface area contributed by atoms with E-state index >= 15 is 0 Å². The van der Waals surface area contributed by atoms with Crippen LogP contribution in [-0.4, -0.2) is 26.3 Å². The van der Waals surface area contributed by atoms with Crippen LogP contribution in [0.4, 0.5) is 5.69 Å². The summed E-state index contributed by atoms with van der Waals surface area (Å²) in [6.45, 7) is 2.33. The van der Waals surface area contributed by atoms with Gasteiger partial charge in [-0.3, -0.25) is 0 Å². The average molecular weight is 347 g/mol. The first kappa shape index (κ1) is 14.8. The van der Waals surface area contributed by atoms with Crippen molar-refractivity contribution in [2.45, 2.75) is 31.1 Å². The van der Waals surface area contributed by atoms with Gasteiger partial charge in [-0.2, -0.15) is 0 Å². The van der Waals surface area contributed by atoms with Crippen LogP contribution in [-0.2, 0) is 10.0 Å². The topological polar surface area (TPSA) is 63.4 Å². The lowest BCUT2D eigenvalue weighted by Crippen LogP contribution is -2.34. The Kier molecular flexibility index (Phi) is 4.23. The molecule has 0 atom stereocenters. The number of nitrogens with zero attached hydrogens (tertiary/aromatic N) is 1. The number of hydrogen-bond acceptors (Lipinski definition) is 3. The van der Waals surface area contributed by atoms with Gasteiger partial charge in [0.2, 0.25) is 10.0 Å². The predicted molar refractivity (Wildman–Crippen MR) is 80.4 cm³/mol. The van der Waals surface area contributed by atoms with Gasteiger partial charge in [0.05, 0.1) is 4.90 Å². The molecule has 0 heterocycles. The van der Waals surface area contributed by atoms with Crippen LogP contribution in [0.2, 0.25) is 0 Å². The molecule has 0 bridgehead atoms. The maximum Gasteiger partial charge on any atom is 0.243 e. The van der Waals surface area contributed by atoms with Crippen LogP contribution in [0.5, 0.6) is 0 Å². The molecule has 0 amide bonds. The summed E-state index contributed by atoms with van der Waals surface area (Å²) in [6.07, 6.45) is 3.46. The molecule has 19 heavy (non-hydrogen) atoms. The number of halogens is 1. The summed E-state index contributed by atoms with van der Waals surface area (Å²) in [7, 11) is -1.82. The van der Waals surface area contributed by atoms with E-state index in [4.69, 9.17) is 5.73 Å². The fraction of sp³-hybridized carbons (Fsp3) is 0.538. The van der Waals surface area contributed by atoms with Crippen molar-refractivity contribution in [3.8, 4) is 0 Å². The zero-order valence-electron chi connectivity index (χ0n) is 11.2. The molecule has 106 valence electrons. The highest BCUT2D eigenvalue weighted by molar-refractivity contribution is 9.10. The smallest absolute Gasteiger partial charge is 0.243 e. The van der Waals surface area contributed by atoms with E-state index in [1.165, 1.54) is 10.7 Å². The zero-order valence-corrected chi connectivity index (χ0v) is 13.6. The minimum atomic E-state index is -3.46. The normalized spacial score (nSPS) is 16.6. The Morgan fingerprint density at radius 1 is 1.42 bits per heavy atom. The molecule has 0 saturated heterocycles. The second-order valence-electron chi connectivity index (χ2n) is 5.20. The van der Waals surface area contributed by atoms with Crippen LogP contribution in [0.15, 0.2) is 21.5 Å². The van der Waals surface area contributed by atoms with E-state index < -0.39 is 10.0 Å². The Morgan fingerprint density at radius 2 is 2.05 bits per heavy atom. The molecule has 0 spiro atoms. The quantitative estimate of drug-likeness (QED) is 0.852. The van der Waals surface area contributed by atoms with Crippen LogP contribution >= 0.6 is 15.9 Å². The lowest BCUT2D eigenvalue weighted by atomic mass is 9.86. The Bertz CT molecular complexity index is 583. The predicted octanol–water partition coefficient (Wildman–Crippen LogP) is 2.76. The van der Waals surface area contributed by atoms with Crippen molar-refractivity contribution in [1.29, 1.82) is 0 Å². The molecule has 0 aliphatic heterocycles. The van der Waals surface area contributed by atoms with Crippen LogP contribution < -0.4 is 5.73 Å². The zero-order chi connectivity index (χ0) is 14.2. The molecule has 1 aliphatic carbocycles. The number of anilines is 1. The highest BCUT2D eigenvalue weighted by atomic mass is 79.9. The highest BCUT2D eigenvalue weighted by Gasteiger charge is 2.28. The summed E-state index contributed by atoms with van der Waals surface area (Å²) in [5.41, 5.74) is 6.95. The molecule has 2 N–H and O–H groups in total. The van der Waals surface area contributed by atoms with Gasteiger partial charge in [0.1, 0.15) is 0 Å². The molecule has 1 aromatic rings. The maximum absolute atomic E-state index is 12.6. The number of nitrogens with two attached hydrogens (primary N) is 1. The van der Waals surface area contributed by atoms with Gasteiger partial charge in [0.15, 0.2) is 0 Å². The van der Waals surface area contributed by atoms with Gasteiger partial charge in [0, 0.05) is 23.8 Å². The van der Waals surface area contributed by atoms with Gasteiger partial charge in [-0.1, -0.05) is 22.4 Å². The molecule has 2 rings (SSSR count). The number of nitrogen functional groups attached to an aromatic ring is 1. The fourth-order valence-electron chi connectivity index (χ4n) is 2.25. The first-order chi connectivity index (χ1) is 8.82. The first-order valence-corrected chi connectivity index (χ1v) is 8.57. The number of hydrogen-bond donors (Lipinski definition) is 1. The standard InChI is InChI=1S/C13H19BrN2O2S/c1-9-12(15)6-11(14)7-13(9)19(17,18)16(2)8-10-4-3-5-10/h6-7,10H,3-5,8,15H2,1-2H3. The lowest BCUT2D eigenvalue weighted by Gasteiger charge is -2.30. The van der Waals surface area contributed by atoms with Gasteiger partial charge in [-0.05, 0) is 43.4 Å². The van der Waals surface area contributed by atoms with Crippen molar-refractivity contribution >= 4 is 31.6 Å². The highest BCUT2D eigenvalue weighted by Crippen LogP contribution is 2.31. The van der Waals surface area contributed by atoms with Crippen LogP contribution in [0.3, 0.4) is 0 Å². The van der Waals surface area contributed by atoms with E-state index in [-0.39, 0.29) is 0 Å². The number of sulfonamides is 1. The van der Waals surface area contributed by atoms with E-state index in [0.29, 0.717) is 33.1 Å². The first-order valence-electron chi connectivity index (χ1n) is 6.34. The molecular weight excluding hydrogens is 328 g/mol. The van der Waals surface area contributed by atoms with E-state index in [9.17, 15) is 8.42 Å². The minimum absolute atomic E-state index is 0.293. The number of rotatable bonds is 4. The van der Waals surface area contributed by atoms with E-state index in [0.717, 1.165) is 12.8 Å². The van der Waals surface area contributed by atoms with E-state index in [1.54, 1.807) is 26.1 Å². The van der Waals surface area contributed by atoms with Crippen molar-refractivity contribution in [3.63, 3.8) is 0 Å². The van der Waals surface area contributed by atoms with Gasteiger partial charge in [-0.25, -0.2) is 12.7 Å². The Labute approximate surface area is 123 Å². The second-order valence-corrected chi connectivity index (χ2v) is 8.13. The third-order valence-electron chi connectivity index (χ3n) is 3.79. The van der Waals surface area contributed by atoms with Crippen molar-refractivity contribution in [3.05, 3.63) is 22.2 Å². The van der Waals surface area contributed by atoms with Crippen LogP contribution in [0.25, 0.3) is 0 Å². The van der Waals surface area contributed by atoms with Crippen LogP contribution in [0.1, 0.15) is 24.8 Å². The summed E-state index contributed by atoms with van der Waals surface area (Å²) in [4.78, 5) is 0.293. The summed E-state index contributed by atoms with van der Waals surface area (Å²) in [5, 5.41) is 0. The summed E-state index contributed by atoms with van der Waals surface area (Å²) in [6, 6.07) is 3.35. The average Bonchev–Trinajstić information content (AvgIpc) is 2.27. The largest absolute Gasteiger partial charge is 0.398 e. The molecule has 1 aromatic carbocycles. The maximum atomic E-state index is 12.6. The van der Waals surface area contributed by atoms with E-state index in [1.807, 2.05) is 0 Å². The third kappa shape index (κ3) is 2.95. The molecule has 1 fully saturated rings. The van der Waals surface area contributed by atoms with Crippen molar-refractivity contribution in [1.82, 2.24) is 4.31 Å². The Hall–Kier alpha value is -0.590. The van der Waals surface area contributed by atoms with E-state index in [2.05, 4.69) is 15.9 Å². The molecule has 0 aromatic heterocycles. The van der Waals surface area contributed by atoms with Gasteiger partial charge in [-0.15, -0.1) is 0 Å². The lowest BCUT2D eigenvalue weighted by molar-refractivity contribution is 0.263. The van der Waals surface area contributed by atoms with Crippen molar-refractivity contribution in [2.24, 2.45) is 5.92 Å². The molecular formula is C13H19BrN2O2S. The molecule has 6 heteroatoms. The SMILES string of the molecule is Cc1c(N)cc(Br)cc1S(=O)(=O)N(C)CC1CCC1.